The Labute approximate surface area is 111 Å². The molecule has 0 saturated heterocycles. The Morgan fingerprint density at radius 1 is 1.35 bits per heavy atom. The molecule has 3 nitrogen and oxygen atoms in total. The van der Waals surface area contributed by atoms with Crippen molar-refractivity contribution >= 4 is 17.3 Å². The highest BCUT2D eigenvalue weighted by Gasteiger charge is 2.18. The number of hydrogen-bond acceptors (Lipinski definition) is 2. The largest absolute Gasteiger partial charge is 0.380 e. The van der Waals surface area contributed by atoms with Gasteiger partial charge in [-0.2, -0.15) is 0 Å². The molecule has 1 unspecified atom stereocenters. The zero-order valence-corrected chi connectivity index (χ0v) is 12.1. The molecule has 0 heterocycles. The van der Waals surface area contributed by atoms with Gasteiger partial charge in [-0.25, -0.2) is 0 Å². The Morgan fingerprint density at radius 2 is 2.00 bits per heavy atom. The van der Waals surface area contributed by atoms with Crippen LogP contribution in [0.5, 0.6) is 0 Å². The van der Waals surface area contributed by atoms with Crippen LogP contribution in [0, 0.1) is 5.92 Å². The van der Waals surface area contributed by atoms with E-state index >= 15 is 0 Å². The Bertz CT molecular complexity index is 227. The first kappa shape index (κ1) is 14.7. The Balaban J connectivity index is 2.29. The first-order valence-electron chi connectivity index (χ1n) is 6.78. The zero-order chi connectivity index (χ0) is 12.7. The Kier molecular flexibility index (Phi) is 6.82. The van der Waals surface area contributed by atoms with Crippen LogP contribution < -0.4 is 10.6 Å². The Morgan fingerprint density at radius 3 is 2.53 bits per heavy atom. The summed E-state index contributed by atoms with van der Waals surface area (Å²) in [5, 5.41) is 7.57. The highest BCUT2D eigenvalue weighted by molar-refractivity contribution is 7.80. The van der Waals surface area contributed by atoms with E-state index in [2.05, 4.69) is 24.5 Å². The van der Waals surface area contributed by atoms with Crippen molar-refractivity contribution in [1.29, 1.82) is 0 Å². The zero-order valence-electron chi connectivity index (χ0n) is 11.3. The van der Waals surface area contributed by atoms with Crippen LogP contribution in [0.15, 0.2) is 0 Å². The van der Waals surface area contributed by atoms with E-state index in [4.69, 9.17) is 17.0 Å². The molecule has 2 N–H and O–H groups in total. The lowest BCUT2D eigenvalue weighted by Crippen LogP contribution is -2.48. The Hall–Kier alpha value is -0.350. The van der Waals surface area contributed by atoms with Gasteiger partial charge in [0.2, 0.25) is 0 Å². The van der Waals surface area contributed by atoms with Crippen molar-refractivity contribution in [1.82, 2.24) is 10.6 Å². The van der Waals surface area contributed by atoms with Crippen LogP contribution in [0.2, 0.25) is 0 Å². The van der Waals surface area contributed by atoms with Crippen molar-refractivity contribution in [2.45, 2.75) is 58.5 Å². The monoisotopic (exact) mass is 258 g/mol. The van der Waals surface area contributed by atoms with Crippen molar-refractivity contribution in [2.75, 3.05) is 13.2 Å². The molecule has 0 spiro atoms. The van der Waals surface area contributed by atoms with Crippen LogP contribution >= 0.6 is 12.2 Å². The van der Waals surface area contributed by atoms with E-state index in [1.807, 2.05) is 6.92 Å². The standard InChI is InChI=1S/C13H26N2OS/c1-4-16-9-12(10(2)3)15-13(17)14-11-7-5-6-8-11/h10-12H,4-9H2,1-3H3,(H2,14,15,17). The van der Waals surface area contributed by atoms with Gasteiger partial charge >= 0.3 is 0 Å². The van der Waals surface area contributed by atoms with Gasteiger partial charge in [0.05, 0.1) is 12.6 Å². The SMILES string of the molecule is CCOCC(NC(=S)NC1CCCC1)C(C)C. The summed E-state index contributed by atoms with van der Waals surface area (Å²) >= 11 is 5.36. The summed E-state index contributed by atoms with van der Waals surface area (Å²) in [5.74, 6) is 0.518. The summed E-state index contributed by atoms with van der Waals surface area (Å²) < 4.78 is 5.48. The maximum atomic E-state index is 5.48. The van der Waals surface area contributed by atoms with E-state index in [0.717, 1.165) is 18.3 Å². The molecule has 100 valence electrons. The second-order valence-corrected chi connectivity index (χ2v) is 5.52. The van der Waals surface area contributed by atoms with E-state index in [0.29, 0.717) is 18.0 Å². The third-order valence-corrected chi connectivity index (χ3v) is 3.55. The summed E-state index contributed by atoms with van der Waals surface area (Å²) in [6, 6.07) is 0.881. The van der Waals surface area contributed by atoms with Gasteiger partial charge in [-0.3, -0.25) is 0 Å². The van der Waals surface area contributed by atoms with E-state index < -0.39 is 0 Å². The summed E-state index contributed by atoms with van der Waals surface area (Å²) in [6.07, 6.45) is 5.15. The first-order valence-corrected chi connectivity index (χ1v) is 7.19. The van der Waals surface area contributed by atoms with Crippen LogP contribution in [0.1, 0.15) is 46.5 Å². The molecular weight excluding hydrogens is 232 g/mol. The molecule has 1 aliphatic rings. The van der Waals surface area contributed by atoms with Crippen molar-refractivity contribution in [3.63, 3.8) is 0 Å². The predicted octanol–water partition coefficient (Wildman–Crippen LogP) is 2.45. The lowest BCUT2D eigenvalue weighted by molar-refractivity contribution is 0.115. The summed E-state index contributed by atoms with van der Waals surface area (Å²) in [5.41, 5.74) is 0. The van der Waals surface area contributed by atoms with E-state index in [-0.39, 0.29) is 0 Å². The number of hydrogen-bond donors (Lipinski definition) is 2. The predicted molar refractivity (Wildman–Crippen MR) is 76.2 cm³/mol. The summed E-state index contributed by atoms with van der Waals surface area (Å²) in [7, 11) is 0. The number of ether oxygens (including phenoxy) is 1. The van der Waals surface area contributed by atoms with E-state index in [1.54, 1.807) is 0 Å². The molecule has 0 bridgehead atoms. The molecule has 17 heavy (non-hydrogen) atoms. The fourth-order valence-corrected chi connectivity index (χ4v) is 2.43. The topological polar surface area (TPSA) is 33.3 Å². The normalized spacial score (nSPS) is 18.4. The smallest absolute Gasteiger partial charge is 0.166 e. The van der Waals surface area contributed by atoms with Gasteiger partial charge in [-0.05, 0) is 37.9 Å². The van der Waals surface area contributed by atoms with Crippen LogP contribution in [0.4, 0.5) is 0 Å². The average Bonchev–Trinajstić information content (AvgIpc) is 2.76. The highest BCUT2D eigenvalue weighted by Crippen LogP contribution is 2.17. The van der Waals surface area contributed by atoms with Gasteiger partial charge in [0.25, 0.3) is 0 Å². The van der Waals surface area contributed by atoms with Gasteiger partial charge in [0.1, 0.15) is 0 Å². The van der Waals surface area contributed by atoms with Crippen molar-refractivity contribution in [2.24, 2.45) is 5.92 Å². The third kappa shape index (κ3) is 5.68. The molecule has 0 radical (unpaired) electrons. The van der Waals surface area contributed by atoms with Gasteiger partial charge in [0, 0.05) is 12.6 Å². The molecule has 1 saturated carbocycles. The molecule has 1 aliphatic carbocycles. The minimum Gasteiger partial charge on any atom is -0.380 e. The van der Waals surface area contributed by atoms with Crippen molar-refractivity contribution in [3.8, 4) is 0 Å². The first-order chi connectivity index (χ1) is 8.13. The molecule has 1 fully saturated rings. The quantitative estimate of drug-likeness (QED) is 0.717. The highest BCUT2D eigenvalue weighted by atomic mass is 32.1. The van der Waals surface area contributed by atoms with Gasteiger partial charge < -0.3 is 15.4 Å². The molecule has 1 rings (SSSR count). The molecule has 0 aromatic heterocycles. The molecule has 0 aromatic rings. The van der Waals surface area contributed by atoms with Crippen LogP contribution in [-0.4, -0.2) is 30.4 Å². The number of nitrogens with one attached hydrogen (secondary N) is 2. The molecule has 0 aromatic carbocycles. The molecule has 4 heteroatoms. The summed E-state index contributed by atoms with van der Waals surface area (Å²) in [6.45, 7) is 7.88. The van der Waals surface area contributed by atoms with E-state index in [1.165, 1.54) is 25.7 Å². The van der Waals surface area contributed by atoms with Gasteiger partial charge in [-0.1, -0.05) is 26.7 Å². The van der Waals surface area contributed by atoms with Gasteiger partial charge in [-0.15, -0.1) is 0 Å². The maximum Gasteiger partial charge on any atom is 0.166 e. The molecular formula is C13H26N2OS. The van der Waals surface area contributed by atoms with Crippen LogP contribution in [-0.2, 0) is 4.74 Å². The lowest BCUT2D eigenvalue weighted by Gasteiger charge is -2.25. The molecule has 0 aliphatic heterocycles. The van der Waals surface area contributed by atoms with Crippen LogP contribution in [0.25, 0.3) is 0 Å². The lowest BCUT2D eigenvalue weighted by atomic mass is 10.1. The molecule has 1 atom stereocenters. The van der Waals surface area contributed by atoms with Gasteiger partial charge in [0.15, 0.2) is 5.11 Å². The minimum atomic E-state index is 0.302. The van der Waals surface area contributed by atoms with Crippen LogP contribution in [0.3, 0.4) is 0 Å². The fraction of sp³-hybridized carbons (Fsp3) is 0.923. The minimum absolute atomic E-state index is 0.302. The summed E-state index contributed by atoms with van der Waals surface area (Å²) in [4.78, 5) is 0. The fourth-order valence-electron chi connectivity index (χ4n) is 2.11. The van der Waals surface area contributed by atoms with E-state index in [9.17, 15) is 0 Å². The molecule has 0 amide bonds. The van der Waals surface area contributed by atoms with Crippen molar-refractivity contribution in [3.05, 3.63) is 0 Å². The maximum absolute atomic E-state index is 5.48. The van der Waals surface area contributed by atoms with Crippen molar-refractivity contribution < 1.29 is 4.74 Å². The second-order valence-electron chi connectivity index (χ2n) is 5.11. The second kappa shape index (κ2) is 7.88. The third-order valence-electron chi connectivity index (χ3n) is 3.31. The number of thiocarbonyl (C=S) groups is 1. The number of rotatable bonds is 6. The average molecular weight is 258 g/mol.